The van der Waals surface area contributed by atoms with Crippen LogP contribution in [0.4, 0.5) is 4.39 Å². The Morgan fingerprint density at radius 2 is 2.08 bits per heavy atom. The summed E-state index contributed by atoms with van der Waals surface area (Å²) in [5.41, 5.74) is 1.62. The van der Waals surface area contributed by atoms with Crippen molar-refractivity contribution in [1.29, 1.82) is 0 Å². The standard InChI is InChI=1S/C20H20FIN2O/c1-3-24-17-10-9-16(21)13(2)18(17)23-19(24)20(11-4-12-20)25-15-7-5-14(22)6-8-15/h5-10,16H,2-4,11-12H2,1H3. The Hall–Kier alpha value is -1.63. The molecule has 1 atom stereocenters. The molecule has 1 aromatic carbocycles. The maximum atomic E-state index is 14.0. The molecule has 1 aromatic heterocycles. The van der Waals surface area contributed by atoms with Crippen LogP contribution >= 0.6 is 22.6 Å². The van der Waals surface area contributed by atoms with Crippen LogP contribution in [0.15, 0.2) is 36.9 Å². The molecule has 130 valence electrons. The molecule has 4 rings (SSSR count). The first kappa shape index (κ1) is 16.8. The van der Waals surface area contributed by atoms with Gasteiger partial charge >= 0.3 is 0 Å². The Labute approximate surface area is 160 Å². The fraction of sp³-hybridized carbons (Fsp3) is 0.350. The van der Waals surface area contributed by atoms with Crippen LogP contribution in [-0.2, 0) is 12.1 Å². The summed E-state index contributed by atoms with van der Waals surface area (Å²) in [5.74, 6) is 1.74. The Morgan fingerprint density at radius 1 is 1.36 bits per heavy atom. The normalized spacial score (nSPS) is 20.9. The summed E-state index contributed by atoms with van der Waals surface area (Å²) in [5, 5.41) is 0. The van der Waals surface area contributed by atoms with E-state index >= 15 is 0 Å². The van der Waals surface area contributed by atoms with Gasteiger partial charge in [0.15, 0.2) is 11.4 Å². The lowest BCUT2D eigenvalue weighted by molar-refractivity contribution is -0.0232. The van der Waals surface area contributed by atoms with Crippen molar-refractivity contribution < 1.29 is 9.13 Å². The zero-order valence-electron chi connectivity index (χ0n) is 14.1. The second-order valence-corrected chi connectivity index (χ2v) is 7.85. The number of fused-ring (bicyclic) bond motifs is 1. The number of alkyl halides is 1. The van der Waals surface area contributed by atoms with Crippen LogP contribution < -0.4 is 4.74 Å². The lowest BCUT2D eigenvalue weighted by atomic mass is 9.79. The van der Waals surface area contributed by atoms with E-state index in [1.54, 1.807) is 6.08 Å². The highest BCUT2D eigenvalue weighted by Crippen LogP contribution is 2.46. The number of nitrogens with zero attached hydrogens (tertiary/aromatic N) is 2. The van der Waals surface area contributed by atoms with Crippen molar-refractivity contribution >= 4 is 34.2 Å². The van der Waals surface area contributed by atoms with E-state index in [0.29, 0.717) is 11.3 Å². The minimum atomic E-state index is -1.16. The maximum absolute atomic E-state index is 14.0. The third-order valence-electron chi connectivity index (χ3n) is 5.08. The lowest BCUT2D eigenvalue weighted by Crippen LogP contribution is -2.42. The van der Waals surface area contributed by atoms with Crippen molar-refractivity contribution in [2.24, 2.45) is 0 Å². The summed E-state index contributed by atoms with van der Waals surface area (Å²) in [4.78, 5) is 4.81. The lowest BCUT2D eigenvalue weighted by Gasteiger charge is -2.41. The van der Waals surface area contributed by atoms with E-state index in [2.05, 4.69) is 40.7 Å². The number of benzene rings is 1. The monoisotopic (exact) mass is 450 g/mol. The number of aromatic nitrogens is 2. The molecule has 0 aliphatic heterocycles. The predicted octanol–water partition coefficient (Wildman–Crippen LogP) is 5.34. The first-order valence-electron chi connectivity index (χ1n) is 8.61. The van der Waals surface area contributed by atoms with Crippen molar-refractivity contribution in [3.63, 3.8) is 0 Å². The van der Waals surface area contributed by atoms with Gasteiger partial charge in [-0.2, -0.15) is 0 Å². The Morgan fingerprint density at radius 3 is 2.68 bits per heavy atom. The second-order valence-electron chi connectivity index (χ2n) is 6.60. The Balaban J connectivity index is 1.77. The minimum Gasteiger partial charge on any atom is -0.479 e. The highest BCUT2D eigenvalue weighted by Gasteiger charge is 2.46. The molecule has 3 nitrogen and oxygen atoms in total. The number of rotatable bonds is 4. The molecular formula is C20H20FIN2O. The largest absolute Gasteiger partial charge is 0.479 e. The van der Waals surface area contributed by atoms with Gasteiger partial charge in [0.05, 0.1) is 11.4 Å². The van der Waals surface area contributed by atoms with Gasteiger partial charge in [0.25, 0.3) is 0 Å². The van der Waals surface area contributed by atoms with Gasteiger partial charge in [-0.1, -0.05) is 6.58 Å². The van der Waals surface area contributed by atoms with E-state index in [-0.39, 0.29) is 0 Å². The zero-order valence-corrected chi connectivity index (χ0v) is 16.3. The average Bonchev–Trinajstić information content (AvgIpc) is 2.95. The van der Waals surface area contributed by atoms with Gasteiger partial charge in [0.2, 0.25) is 0 Å². The molecule has 0 radical (unpaired) electrons. The van der Waals surface area contributed by atoms with Crippen LogP contribution in [0.5, 0.6) is 5.75 Å². The van der Waals surface area contributed by atoms with Gasteiger partial charge in [-0.15, -0.1) is 0 Å². The number of hydrogen-bond donors (Lipinski definition) is 0. The number of hydrogen-bond acceptors (Lipinski definition) is 2. The SMILES string of the molecule is C=C1c2nc(C3(Oc4ccc(I)cc4)CCC3)n(CC)c2C=CC1F. The van der Waals surface area contributed by atoms with E-state index in [0.717, 1.165) is 43.1 Å². The van der Waals surface area contributed by atoms with Gasteiger partial charge in [0, 0.05) is 15.7 Å². The average molecular weight is 450 g/mol. The molecule has 1 heterocycles. The van der Waals surface area contributed by atoms with Gasteiger partial charge < -0.3 is 9.30 Å². The van der Waals surface area contributed by atoms with E-state index < -0.39 is 11.8 Å². The third kappa shape index (κ3) is 2.72. The molecule has 25 heavy (non-hydrogen) atoms. The van der Waals surface area contributed by atoms with Gasteiger partial charge in [-0.25, -0.2) is 9.37 Å². The van der Waals surface area contributed by atoms with Crippen molar-refractivity contribution in [1.82, 2.24) is 9.55 Å². The number of ether oxygens (including phenoxy) is 1. The first-order chi connectivity index (χ1) is 12.0. The van der Waals surface area contributed by atoms with Crippen LogP contribution in [0.2, 0.25) is 0 Å². The molecule has 0 N–H and O–H groups in total. The summed E-state index contributed by atoms with van der Waals surface area (Å²) >= 11 is 2.28. The second kappa shape index (κ2) is 6.27. The summed E-state index contributed by atoms with van der Waals surface area (Å²) in [7, 11) is 0. The molecule has 2 aromatic rings. The topological polar surface area (TPSA) is 27.1 Å². The summed E-state index contributed by atoms with van der Waals surface area (Å²) in [6.45, 7) is 6.75. The molecule has 0 saturated heterocycles. The van der Waals surface area contributed by atoms with Crippen molar-refractivity contribution in [2.75, 3.05) is 0 Å². The van der Waals surface area contributed by atoms with Crippen molar-refractivity contribution in [3.8, 4) is 5.75 Å². The third-order valence-corrected chi connectivity index (χ3v) is 5.80. The van der Waals surface area contributed by atoms with Gasteiger partial charge in [0.1, 0.15) is 11.9 Å². The number of imidazole rings is 1. The Bertz CT molecular complexity index is 849. The number of halogens is 2. The van der Waals surface area contributed by atoms with Crippen LogP contribution in [0.3, 0.4) is 0 Å². The van der Waals surface area contributed by atoms with Gasteiger partial charge in [-0.3, -0.25) is 0 Å². The van der Waals surface area contributed by atoms with E-state index in [1.165, 1.54) is 3.57 Å². The van der Waals surface area contributed by atoms with Crippen LogP contribution in [0, 0.1) is 3.57 Å². The van der Waals surface area contributed by atoms with E-state index in [1.807, 2.05) is 30.3 Å². The zero-order chi connectivity index (χ0) is 17.6. The molecule has 5 heteroatoms. The van der Waals surface area contributed by atoms with Gasteiger partial charge in [-0.05, 0) is 85.2 Å². The van der Waals surface area contributed by atoms with Crippen LogP contribution in [0.25, 0.3) is 11.6 Å². The summed E-state index contributed by atoms with van der Waals surface area (Å²) in [6, 6.07) is 8.07. The maximum Gasteiger partial charge on any atom is 0.166 e. The summed E-state index contributed by atoms with van der Waals surface area (Å²) < 4.78 is 23.8. The fourth-order valence-electron chi connectivity index (χ4n) is 3.56. The summed E-state index contributed by atoms with van der Waals surface area (Å²) in [6.07, 6.45) is 5.17. The molecule has 2 aliphatic carbocycles. The minimum absolute atomic E-state index is 0.430. The van der Waals surface area contributed by atoms with Crippen molar-refractivity contribution in [2.45, 2.75) is 44.5 Å². The molecule has 0 bridgehead atoms. The van der Waals surface area contributed by atoms with Crippen LogP contribution in [0.1, 0.15) is 43.4 Å². The van der Waals surface area contributed by atoms with Crippen LogP contribution in [-0.4, -0.2) is 15.7 Å². The molecule has 1 unspecified atom stereocenters. The molecule has 1 saturated carbocycles. The number of allylic oxidation sites excluding steroid dienone is 2. The Kier molecular flexibility index (Phi) is 4.22. The van der Waals surface area contributed by atoms with E-state index in [9.17, 15) is 4.39 Å². The van der Waals surface area contributed by atoms with E-state index in [4.69, 9.17) is 9.72 Å². The molecule has 0 spiro atoms. The molecule has 0 amide bonds. The van der Waals surface area contributed by atoms with Crippen molar-refractivity contribution in [3.05, 3.63) is 57.7 Å². The predicted molar refractivity (Wildman–Crippen MR) is 106 cm³/mol. The highest BCUT2D eigenvalue weighted by molar-refractivity contribution is 14.1. The molecule has 1 fully saturated rings. The highest BCUT2D eigenvalue weighted by atomic mass is 127. The smallest absolute Gasteiger partial charge is 0.166 e. The first-order valence-corrected chi connectivity index (χ1v) is 9.69. The fourth-order valence-corrected chi connectivity index (χ4v) is 3.92. The molecular weight excluding hydrogens is 430 g/mol. The quantitative estimate of drug-likeness (QED) is 0.588. The molecule has 2 aliphatic rings.